The molecule has 0 amide bonds. The second-order valence-electron chi connectivity index (χ2n) is 6.18. The van der Waals surface area contributed by atoms with E-state index < -0.39 is 12.1 Å². The minimum Gasteiger partial charge on any atom is -0.393 e. The highest BCUT2D eigenvalue weighted by Crippen LogP contribution is 2.24. The summed E-state index contributed by atoms with van der Waals surface area (Å²) in [6.45, 7) is 2.23. The Kier molecular flexibility index (Phi) is 10.6. The van der Waals surface area contributed by atoms with Crippen LogP contribution in [-0.2, 0) is 0 Å². The molecule has 0 aromatic heterocycles. The molecule has 0 aliphatic carbocycles. The first-order valence-corrected chi connectivity index (χ1v) is 8.83. The number of unbranched alkanes of at least 4 members (excludes halogenated alkanes) is 7. The molecule has 0 aliphatic rings. The zero-order valence-electron chi connectivity index (χ0n) is 13.9. The van der Waals surface area contributed by atoms with Crippen molar-refractivity contribution in [2.45, 2.75) is 83.3 Å². The number of hydrogen-bond acceptors (Lipinski definition) is 3. The number of rotatable bonds is 13. The molecule has 0 fully saturated rings. The highest BCUT2D eigenvalue weighted by molar-refractivity contribution is 5.19. The molecule has 0 heterocycles. The first-order chi connectivity index (χ1) is 10.8. The molecule has 0 aliphatic heterocycles. The van der Waals surface area contributed by atoms with E-state index in [9.17, 15) is 10.0 Å². The van der Waals surface area contributed by atoms with E-state index in [1.807, 2.05) is 30.3 Å². The Hall–Kier alpha value is -1.22. The largest absolute Gasteiger partial charge is 0.393 e. The van der Waals surface area contributed by atoms with Gasteiger partial charge in [-0.3, -0.25) is 0 Å². The molecule has 1 N–H and O–H groups in total. The van der Waals surface area contributed by atoms with Crippen LogP contribution in [0.5, 0.6) is 0 Å². The highest BCUT2D eigenvalue weighted by Gasteiger charge is 2.16. The maximum absolute atomic E-state index is 11.0. The molecule has 0 bridgehead atoms. The van der Waals surface area contributed by atoms with E-state index in [1.54, 1.807) is 0 Å². The van der Waals surface area contributed by atoms with Crippen molar-refractivity contribution in [3.05, 3.63) is 40.8 Å². The summed E-state index contributed by atoms with van der Waals surface area (Å²) in [5, 5.41) is 13.3. The van der Waals surface area contributed by atoms with Crippen molar-refractivity contribution in [3.8, 4) is 0 Å². The van der Waals surface area contributed by atoms with Gasteiger partial charge in [0, 0.05) is 6.42 Å². The van der Waals surface area contributed by atoms with E-state index in [2.05, 4.69) is 12.1 Å². The van der Waals surface area contributed by atoms with E-state index in [-0.39, 0.29) is 0 Å². The molecule has 1 rings (SSSR count). The van der Waals surface area contributed by atoms with Crippen molar-refractivity contribution in [3.63, 3.8) is 0 Å². The molecule has 1 aromatic rings. The van der Waals surface area contributed by atoms with Crippen LogP contribution in [-0.4, -0.2) is 11.2 Å². The molecule has 2 atom stereocenters. The summed E-state index contributed by atoms with van der Waals surface area (Å²) in [4.78, 5) is 11.0. The van der Waals surface area contributed by atoms with Gasteiger partial charge < -0.3 is 5.11 Å². The summed E-state index contributed by atoms with van der Waals surface area (Å²) in [6.07, 6.45) is 10.9. The lowest BCUT2D eigenvalue weighted by molar-refractivity contribution is 0.142. The molecule has 3 nitrogen and oxygen atoms in total. The second-order valence-corrected chi connectivity index (χ2v) is 6.18. The third kappa shape index (κ3) is 8.28. The summed E-state index contributed by atoms with van der Waals surface area (Å²) in [5.41, 5.74) is 0.896. The van der Waals surface area contributed by atoms with Gasteiger partial charge in [-0.05, 0) is 12.0 Å². The Balaban J connectivity index is 2.12. The number of hydrogen-bond donors (Lipinski definition) is 1. The normalized spacial score (nSPS) is 13.7. The summed E-state index contributed by atoms with van der Waals surface area (Å²) in [6, 6.07) is 9.09. The SMILES string of the molecule is CCCCCCCCCCC(O)CC(N=O)c1ccccc1. The minimum atomic E-state index is -0.428. The maximum Gasteiger partial charge on any atom is 0.119 e. The number of aliphatic hydroxyl groups excluding tert-OH is 1. The summed E-state index contributed by atoms with van der Waals surface area (Å²) >= 11 is 0. The Morgan fingerprint density at radius 1 is 0.955 bits per heavy atom. The molecule has 124 valence electrons. The van der Waals surface area contributed by atoms with Crippen molar-refractivity contribution in [2.24, 2.45) is 5.18 Å². The second kappa shape index (κ2) is 12.3. The fraction of sp³-hybridized carbons (Fsp3) is 0.684. The fourth-order valence-electron chi connectivity index (χ4n) is 2.80. The first kappa shape index (κ1) is 18.8. The van der Waals surface area contributed by atoms with Gasteiger partial charge in [-0.25, -0.2) is 0 Å². The standard InChI is InChI=1S/C19H31NO2/c1-2-3-4-5-6-7-8-12-15-18(21)16-19(20-22)17-13-10-9-11-14-17/h9-11,13-14,18-19,21H,2-8,12,15-16H2,1H3. The fourth-order valence-corrected chi connectivity index (χ4v) is 2.80. The van der Waals surface area contributed by atoms with Gasteiger partial charge >= 0.3 is 0 Å². The van der Waals surface area contributed by atoms with E-state index in [0.717, 1.165) is 18.4 Å². The van der Waals surface area contributed by atoms with E-state index in [0.29, 0.717) is 6.42 Å². The Morgan fingerprint density at radius 3 is 2.14 bits per heavy atom. The van der Waals surface area contributed by atoms with E-state index >= 15 is 0 Å². The van der Waals surface area contributed by atoms with Gasteiger partial charge in [0.15, 0.2) is 0 Å². The molecule has 0 saturated carbocycles. The van der Waals surface area contributed by atoms with E-state index in [4.69, 9.17) is 0 Å². The summed E-state index contributed by atoms with van der Waals surface area (Å²) in [7, 11) is 0. The van der Waals surface area contributed by atoms with Crippen molar-refractivity contribution in [1.82, 2.24) is 0 Å². The highest BCUT2D eigenvalue weighted by atomic mass is 16.3. The lowest BCUT2D eigenvalue weighted by Gasteiger charge is -2.14. The van der Waals surface area contributed by atoms with Crippen molar-refractivity contribution in [1.29, 1.82) is 0 Å². The molecule has 1 aromatic carbocycles. The zero-order valence-corrected chi connectivity index (χ0v) is 13.9. The topological polar surface area (TPSA) is 49.7 Å². The van der Waals surface area contributed by atoms with Gasteiger partial charge in [0.1, 0.15) is 6.04 Å². The van der Waals surface area contributed by atoms with Crippen LogP contribution in [0.15, 0.2) is 35.5 Å². The third-order valence-corrected chi connectivity index (χ3v) is 4.20. The van der Waals surface area contributed by atoms with Crippen molar-refractivity contribution in [2.75, 3.05) is 0 Å². The predicted molar refractivity (Wildman–Crippen MR) is 92.8 cm³/mol. The van der Waals surface area contributed by atoms with Crippen LogP contribution >= 0.6 is 0 Å². The first-order valence-electron chi connectivity index (χ1n) is 8.83. The Morgan fingerprint density at radius 2 is 1.55 bits per heavy atom. The third-order valence-electron chi connectivity index (χ3n) is 4.20. The molecule has 0 radical (unpaired) electrons. The molecule has 0 spiro atoms. The summed E-state index contributed by atoms with van der Waals surface area (Å²) in [5.74, 6) is 0. The van der Waals surface area contributed by atoms with Crippen LogP contribution in [0.2, 0.25) is 0 Å². The van der Waals surface area contributed by atoms with Gasteiger partial charge in [-0.15, -0.1) is 0 Å². The Labute approximate surface area is 135 Å². The minimum absolute atomic E-state index is 0.426. The van der Waals surface area contributed by atoms with Crippen LogP contribution < -0.4 is 0 Å². The van der Waals surface area contributed by atoms with Crippen molar-refractivity contribution >= 4 is 0 Å². The maximum atomic E-state index is 11.0. The number of benzene rings is 1. The van der Waals surface area contributed by atoms with Gasteiger partial charge in [0.2, 0.25) is 0 Å². The Bertz CT molecular complexity index is 380. The quantitative estimate of drug-likeness (QED) is 0.371. The predicted octanol–water partition coefficient (Wildman–Crippen LogP) is 5.78. The van der Waals surface area contributed by atoms with Crippen LogP contribution in [0.1, 0.15) is 82.7 Å². The van der Waals surface area contributed by atoms with Crippen LogP contribution in [0, 0.1) is 4.91 Å². The molecular formula is C19H31NO2. The molecular weight excluding hydrogens is 274 g/mol. The van der Waals surface area contributed by atoms with Crippen molar-refractivity contribution < 1.29 is 5.11 Å². The monoisotopic (exact) mass is 305 g/mol. The zero-order chi connectivity index (χ0) is 16.0. The lowest BCUT2D eigenvalue weighted by atomic mass is 9.98. The number of nitrogens with zero attached hydrogens (tertiary/aromatic N) is 1. The van der Waals surface area contributed by atoms with Gasteiger partial charge in [-0.2, -0.15) is 4.91 Å². The average Bonchev–Trinajstić information content (AvgIpc) is 2.56. The van der Waals surface area contributed by atoms with Gasteiger partial charge in [0.25, 0.3) is 0 Å². The van der Waals surface area contributed by atoms with Crippen LogP contribution in [0.25, 0.3) is 0 Å². The smallest absolute Gasteiger partial charge is 0.119 e. The van der Waals surface area contributed by atoms with E-state index in [1.165, 1.54) is 44.9 Å². The lowest BCUT2D eigenvalue weighted by Crippen LogP contribution is -2.11. The average molecular weight is 305 g/mol. The number of aliphatic hydroxyl groups is 1. The molecule has 3 heteroatoms. The van der Waals surface area contributed by atoms with Crippen LogP contribution in [0.3, 0.4) is 0 Å². The molecule has 22 heavy (non-hydrogen) atoms. The van der Waals surface area contributed by atoms with Gasteiger partial charge in [-0.1, -0.05) is 93.8 Å². The molecule has 0 saturated heterocycles. The number of nitroso groups, excluding NO2 is 1. The summed E-state index contributed by atoms with van der Waals surface area (Å²) < 4.78 is 0. The molecule has 2 unspecified atom stereocenters. The van der Waals surface area contributed by atoms with Crippen LogP contribution in [0.4, 0.5) is 0 Å². The van der Waals surface area contributed by atoms with Gasteiger partial charge in [0.05, 0.1) is 6.10 Å².